The number of carbonyl (C=O) groups is 2. The lowest BCUT2D eigenvalue weighted by Gasteiger charge is -2.31. The zero-order valence-corrected chi connectivity index (χ0v) is 12.5. The third-order valence-electron chi connectivity index (χ3n) is 3.14. The summed E-state index contributed by atoms with van der Waals surface area (Å²) in [5.74, 6) is -2.79. The summed E-state index contributed by atoms with van der Waals surface area (Å²) in [6, 6.07) is 10.8. The molecule has 0 bridgehead atoms. The van der Waals surface area contributed by atoms with Crippen LogP contribution in [0.4, 0.5) is 5.69 Å². The van der Waals surface area contributed by atoms with Gasteiger partial charge in [-0.15, -0.1) is 0 Å². The van der Waals surface area contributed by atoms with Gasteiger partial charge in [-0.2, -0.15) is 5.26 Å². The SMILES string of the molecule is CC(C)(C)C(C(=O)O)C(=O)N(CCC#N)c1ccccc1. The molecular weight excluding hydrogens is 268 g/mol. The van der Waals surface area contributed by atoms with Crippen LogP contribution in [0.1, 0.15) is 27.2 Å². The Morgan fingerprint density at radius 2 is 1.86 bits per heavy atom. The molecule has 0 aliphatic heterocycles. The highest BCUT2D eigenvalue weighted by molar-refractivity contribution is 6.06. The third-order valence-corrected chi connectivity index (χ3v) is 3.14. The Bertz CT molecular complexity index is 541. The van der Waals surface area contributed by atoms with Crippen molar-refractivity contribution >= 4 is 17.6 Å². The number of carbonyl (C=O) groups excluding carboxylic acids is 1. The van der Waals surface area contributed by atoms with E-state index in [2.05, 4.69) is 0 Å². The van der Waals surface area contributed by atoms with Crippen molar-refractivity contribution in [3.63, 3.8) is 0 Å². The molecule has 112 valence electrons. The van der Waals surface area contributed by atoms with Crippen molar-refractivity contribution in [2.45, 2.75) is 27.2 Å². The van der Waals surface area contributed by atoms with E-state index in [0.29, 0.717) is 5.69 Å². The Balaban J connectivity index is 3.16. The number of rotatable bonds is 5. The molecule has 0 radical (unpaired) electrons. The summed E-state index contributed by atoms with van der Waals surface area (Å²) < 4.78 is 0. The van der Waals surface area contributed by atoms with Crippen LogP contribution in [0.15, 0.2) is 30.3 Å². The van der Waals surface area contributed by atoms with Crippen molar-refractivity contribution in [2.24, 2.45) is 11.3 Å². The molecule has 0 saturated carbocycles. The second kappa shape index (κ2) is 6.89. The number of aliphatic carboxylic acids is 1. The second-order valence-corrected chi connectivity index (χ2v) is 5.87. The summed E-state index contributed by atoms with van der Waals surface area (Å²) in [6.07, 6.45) is 0.150. The normalized spacial score (nSPS) is 12.3. The highest BCUT2D eigenvalue weighted by Crippen LogP contribution is 2.30. The molecule has 0 heterocycles. The summed E-state index contributed by atoms with van der Waals surface area (Å²) in [5, 5.41) is 18.1. The minimum absolute atomic E-state index is 0.150. The number of benzene rings is 1. The smallest absolute Gasteiger partial charge is 0.316 e. The molecule has 1 atom stereocenters. The quantitative estimate of drug-likeness (QED) is 0.844. The fraction of sp³-hybridized carbons (Fsp3) is 0.438. The predicted molar refractivity (Wildman–Crippen MR) is 79.6 cm³/mol. The van der Waals surface area contributed by atoms with Gasteiger partial charge in [-0.3, -0.25) is 9.59 Å². The van der Waals surface area contributed by atoms with Crippen molar-refractivity contribution < 1.29 is 14.7 Å². The molecule has 0 aliphatic rings. The van der Waals surface area contributed by atoms with Gasteiger partial charge in [-0.1, -0.05) is 39.0 Å². The van der Waals surface area contributed by atoms with E-state index >= 15 is 0 Å². The van der Waals surface area contributed by atoms with Crippen LogP contribution < -0.4 is 4.90 Å². The summed E-state index contributed by atoms with van der Waals surface area (Å²) >= 11 is 0. The van der Waals surface area contributed by atoms with Crippen molar-refractivity contribution in [2.75, 3.05) is 11.4 Å². The topological polar surface area (TPSA) is 81.4 Å². The van der Waals surface area contributed by atoms with Gasteiger partial charge in [0, 0.05) is 12.2 Å². The van der Waals surface area contributed by atoms with Gasteiger partial charge in [0.25, 0.3) is 0 Å². The minimum Gasteiger partial charge on any atom is -0.481 e. The predicted octanol–water partition coefficient (Wildman–Crippen LogP) is 2.68. The van der Waals surface area contributed by atoms with Crippen LogP contribution in [0, 0.1) is 22.7 Å². The molecule has 0 spiro atoms. The highest BCUT2D eigenvalue weighted by atomic mass is 16.4. The molecular formula is C16H20N2O3. The van der Waals surface area contributed by atoms with E-state index in [1.54, 1.807) is 45.0 Å². The van der Waals surface area contributed by atoms with Gasteiger partial charge >= 0.3 is 5.97 Å². The number of anilines is 1. The molecule has 1 N–H and O–H groups in total. The van der Waals surface area contributed by atoms with Crippen LogP contribution in [-0.2, 0) is 9.59 Å². The van der Waals surface area contributed by atoms with E-state index < -0.39 is 23.2 Å². The van der Waals surface area contributed by atoms with Gasteiger partial charge in [0.05, 0.1) is 12.5 Å². The molecule has 0 aromatic heterocycles. The van der Waals surface area contributed by atoms with Gasteiger partial charge in [0.1, 0.15) is 5.92 Å². The van der Waals surface area contributed by atoms with Crippen LogP contribution in [0.2, 0.25) is 0 Å². The number of hydrogen-bond donors (Lipinski definition) is 1. The number of carboxylic acids is 1. The van der Waals surface area contributed by atoms with E-state index in [0.717, 1.165) is 0 Å². The standard InChI is InChI=1S/C16H20N2O3/c1-16(2,3)13(15(20)21)14(19)18(11-7-10-17)12-8-5-4-6-9-12/h4-6,8-9,13H,7,11H2,1-3H3,(H,20,21). The molecule has 1 amide bonds. The maximum Gasteiger partial charge on any atom is 0.316 e. The van der Waals surface area contributed by atoms with Crippen molar-refractivity contribution in [1.82, 2.24) is 0 Å². The highest BCUT2D eigenvalue weighted by Gasteiger charge is 2.40. The molecule has 21 heavy (non-hydrogen) atoms. The second-order valence-electron chi connectivity index (χ2n) is 5.87. The number of para-hydroxylation sites is 1. The van der Waals surface area contributed by atoms with Gasteiger partial charge in [0.2, 0.25) is 5.91 Å². The third kappa shape index (κ3) is 4.32. The Kier molecular flexibility index (Phi) is 5.48. The molecule has 1 rings (SSSR count). The van der Waals surface area contributed by atoms with Gasteiger partial charge in [-0.05, 0) is 17.5 Å². The van der Waals surface area contributed by atoms with Crippen molar-refractivity contribution in [3.8, 4) is 6.07 Å². The number of amides is 1. The Labute approximate surface area is 124 Å². The molecule has 0 aliphatic carbocycles. The maximum absolute atomic E-state index is 12.7. The number of nitriles is 1. The molecule has 5 nitrogen and oxygen atoms in total. The fourth-order valence-corrected chi connectivity index (χ4v) is 2.14. The number of nitrogens with zero attached hydrogens (tertiary/aromatic N) is 2. The van der Waals surface area contributed by atoms with E-state index in [1.165, 1.54) is 4.90 Å². The van der Waals surface area contributed by atoms with Crippen LogP contribution in [0.3, 0.4) is 0 Å². The average Bonchev–Trinajstić information content (AvgIpc) is 2.38. The molecule has 1 aromatic carbocycles. The van der Waals surface area contributed by atoms with Crippen LogP contribution >= 0.6 is 0 Å². The maximum atomic E-state index is 12.7. The zero-order chi connectivity index (χ0) is 16.0. The lowest BCUT2D eigenvalue weighted by atomic mass is 9.79. The summed E-state index contributed by atoms with van der Waals surface area (Å²) in [6.45, 7) is 5.34. The van der Waals surface area contributed by atoms with Crippen LogP contribution in [0.25, 0.3) is 0 Å². The van der Waals surface area contributed by atoms with E-state index in [4.69, 9.17) is 5.26 Å². The van der Waals surface area contributed by atoms with Crippen LogP contribution in [-0.4, -0.2) is 23.5 Å². The Hall–Kier alpha value is -2.35. The monoisotopic (exact) mass is 288 g/mol. The van der Waals surface area contributed by atoms with Crippen molar-refractivity contribution in [3.05, 3.63) is 30.3 Å². The van der Waals surface area contributed by atoms with Gasteiger partial charge in [-0.25, -0.2) is 0 Å². The largest absolute Gasteiger partial charge is 0.481 e. The van der Waals surface area contributed by atoms with Crippen LogP contribution in [0.5, 0.6) is 0 Å². The first-order chi connectivity index (χ1) is 9.79. The van der Waals surface area contributed by atoms with E-state index in [-0.39, 0.29) is 13.0 Å². The molecule has 0 saturated heterocycles. The van der Waals surface area contributed by atoms with E-state index in [1.807, 2.05) is 12.1 Å². The minimum atomic E-state index is -1.16. The molecule has 1 aromatic rings. The first kappa shape index (κ1) is 16.7. The number of carboxylic acid groups (broad SMARTS) is 1. The fourth-order valence-electron chi connectivity index (χ4n) is 2.14. The summed E-state index contributed by atoms with van der Waals surface area (Å²) in [4.78, 5) is 25.5. The lowest BCUT2D eigenvalue weighted by Crippen LogP contribution is -2.45. The van der Waals surface area contributed by atoms with Gasteiger partial charge < -0.3 is 10.0 Å². The first-order valence-corrected chi connectivity index (χ1v) is 6.75. The summed E-state index contributed by atoms with van der Waals surface area (Å²) in [5.41, 5.74) is -0.101. The zero-order valence-electron chi connectivity index (χ0n) is 12.5. The Morgan fingerprint density at radius 3 is 2.29 bits per heavy atom. The molecule has 0 fully saturated rings. The lowest BCUT2D eigenvalue weighted by molar-refractivity contribution is -0.150. The van der Waals surface area contributed by atoms with E-state index in [9.17, 15) is 14.7 Å². The first-order valence-electron chi connectivity index (χ1n) is 6.75. The molecule has 1 unspecified atom stereocenters. The average molecular weight is 288 g/mol. The number of hydrogen-bond acceptors (Lipinski definition) is 3. The van der Waals surface area contributed by atoms with Gasteiger partial charge in [0.15, 0.2) is 0 Å². The Morgan fingerprint density at radius 1 is 1.29 bits per heavy atom. The molecule has 5 heteroatoms. The summed E-state index contributed by atoms with van der Waals surface area (Å²) in [7, 11) is 0. The van der Waals surface area contributed by atoms with Crippen molar-refractivity contribution in [1.29, 1.82) is 5.26 Å².